The Morgan fingerprint density at radius 3 is 2.48 bits per heavy atom. The van der Waals surface area contributed by atoms with Crippen molar-refractivity contribution in [3.8, 4) is 11.5 Å². The number of methoxy groups -OCH3 is 1. The second kappa shape index (κ2) is 7.04. The minimum absolute atomic E-state index is 0.207. The molecule has 0 aliphatic heterocycles. The Hall–Kier alpha value is -2.14. The number of carbonyl (C=O) groups is 1. The fraction of sp³-hybridized carbons (Fsp3) is 0.188. The lowest BCUT2D eigenvalue weighted by Crippen LogP contribution is -2.05. The molecule has 0 spiro atoms. The third-order valence-electron chi connectivity index (χ3n) is 2.98. The molecule has 0 unspecified atom stereocenters. The Balaban J connectivity index is 2.17. The highest BCUT2D eigenvalue weighted by Gasteiger charge is 2.16. The van der Waals surface area contributed by atoms with Crippen LogP contribution in [0.15, 0.2) is 47.4 Å². The van der Waals surface area contributed by atoms with Crippen LogP contribution in [0.4, 0.5) is 0 Å². The standard InChI is InChI=1S/C16H16O4S/c1-19-12-8-6-11(7-9-12)10-20-13-4-3-5-14(21-2)15(13)16(17)18/h3-9H,10H2,1-2H3,(H,17,18). The number of carboxylic acid groups (broad SMARTS) is 1. The molecule has 0 amide bonds. The lowest BCUT2D eigenvalue weighted by Gasteiger charge is -2.12. The van der Waals surface area contributed by atoms with E-state index in [0.717, 1.165) is 11.3 Å². The van der Waals surface area contributed by atoms with Gasteiger partial charge in [0.15, 0.2) is 0 Å². The van der Waals surface area contributed by atoms with E-state index in [0.29, 0.717) is 17.3 Å². The van der Waals surface area contributed by atoms with Crippen LogP contribution in [-0.4, -0.2) is 24.4 Å². The van der Waals surface area contributed by atoms with Gasteiger partial charge in [-0.2, -0.15) is 0 Å². The summed E-state index contributed by atoms with van der Waals surface area (Å²) >= 11 is 1.39. The van der Waals surface area contributed by atoms with Gasteiger partial charge in [0.1, 0.15) is 23.7 Å². The Morgan fingerprint density at radius 2 is 1.90 bits per heavy atom. The Bertz CT molecular complexity index is 623. The zero-order valence-electron chi connectivity index (χ0n) is 11.8. The van der Waals surface area contributed by atoms with Crippen molar-refractivity contribution in [3.05, 3.63) is 53.6 Å². The summed E-state index contributed by atoms with van der Waals surface area (Å²) in [6.07, 6.45) is 1.84. The van der Waals surface area contributed by atoms with Gasteiger partial charge in [0, 0.05) is 4.90 Å². The lowest BCUT2D eigenvalue weighted by atomic mass is 10.2. The first-order valence-electron chi connectivity index (χ1n) is 6.31. The van der Waals surface area contributed by atoms with E-state index in [1.54, 1.807) is 25.3 Å². The first-order chi connectivity index (χ1) is 10.2. The summed E-state index contributed by atoms with van der Waals surface area (Å²) < 4.78 is 10.8. The summed E-state index contributed by atoms with van der Waals surface area (Å²) in [4.78, 5) is 12.1. The molecule has 0 aromatic heterocycles. The average Bonchev–Trinajstić information content (AvgIpc) is 2.52. The molecule has 4 nitrogen and oxygen atoms in total. The topological polar surface area (TPSA) is 55.8 Å². The molecule has 0 heterocycles. The molecule has 0 atom stereocenters. The number of benzene rings is 2. The molecule has 0 aliphatic carbocycles. The SMILES string of the molecule is COc1ccc(COc2cccc(SC)c2C(=O)O)cc1. The van der Waals surface area contributed by atoms with Crippen LogP contribution in [-0.2, 0) is 6.61 Å². The van der Waals surface area contributed by atoms with Crippen molar-refractivity contribution in [1.29, 1.82) is 0 Å². The zero-order chi connectivity index (χ0) is 15.2. The van der Waals surface area contributed by atoms with Crippen molar-refractivity contribution in [1.82, 2.24) is 0 Å². The molecule has 21 heavy (non-hydrogen) atoms. The van der Waals surface area contributed by atoms with Gasteiger partial charge in [-0.25, -0.2) is 4.79 Å². The second-order valence-corrected chi connectivity index (χ2v) is 5.12. The van der Waals surface area contributed by atoms with E-state index in [4.69, 9.17) is 9.47 Å². The van der Waals surface area contributed by atoms with E-state index in [1.165, 1.54) is 11.8 Å². The van der Waals surface area contributed by atoms with Crippen LogP contribution in [0.3, 0.4) is 0 Å². The highest BCUT2D eigenvalue weighted by molar-refractivity contribution is 7.98. The summed E-state index contributed by atoms with van der Waals surface area (Å²) in [5.41, 5.74) is 1.15. The van der Waals surface area contributed by atoms with Gasteiger partial charge < -0.3 is 14.6 Å². The van der Waals surface area contributed by atoms with E-state index in [9.17, 15) is 9.90 Å². The average molecular weight is 304 g/mol. The number of hydrogen-bond donors (Lipinski definition) is 1. The summed E-state index contributed by atoms with van der Waals surface area (Å²) in [7, 11) is 1.61. The van der Waals surface area contributed by atoms with E-state index in [1.807, 2.05) is 30.5 Å². The number of thioether (sulfide) groups is 1. The summed E-state index contributed by atoms with van der Waals surface area (Å²) in [6, 6.07) is 12.7. The normalized spacial score (nSPS) is 10.2. The molecule has 2 aromatic carbocycles. The maximum absolute atomic E-state index is 11.4. The van der Waals surface area contributed by atoms with Crippen LogP contribution < -0.4 is 9.47 Å². The Labute approximate surface area is 127 Å². The molecule has 0 saturated carbocycles. The van der Waals surface area contributed by atoms with Crippen LogP contribution in [0.25, 0.3) is 0 Å². The molecule has 2 aromatic rings. The smallest absolute Gasteiger partial charge is 0.340 e. The van der Waals surface area contributed by atoms with Crippen LogP contribution in [0.5, 0.6) is 11.5 Å². The summed E-state index contributed by atoms with van der Waals surface area (Å²) in [5.74, 6) is 0.171. The molecule has 0 radical (unpaired) electrons. The summed E-state index contributed by atoms with van der Waals surface area (Å²) in [5, 5.41) is 9.33. The molecule has 1 N–H and O–H groups in total. The van der Waals surface area contributed by atoms with Gasteiger partial charge in [-0.15, -0.1) is 11.8 Å². The number of hydrogen-bond acceptors (Lipinski definition) is 4. The molecular weight excluding hydrogens is 288 g/mol. The van der Waals surface area contributed by atoms with Gasteiger partial charge in [0.25, 0.3) is 0 Å². The maximum Gasteiger partial charge on any atom is 0.340 e. The number of aromatic carboxylic acids is 1. The zero-order valence-corrected chi connectivity index (χ0v) is 12.6. The molecule has 0 fully saturated rings. The largest absolute Gasteiger partial charge is 0.497 e. The van der Waals surface area contributed by atoms with Crippen molar-refractivity contribution in [2.24, 2.45) is 0 Å². The van der Waals surface area contributed by atoms with Crippen LogP contribution in [0.1, 0.15) is 15.9 Å². The van der Waals surface area contributed by atoms with E-state index in [2.05, 4.69) is 0 Å². The molecule has 110 valence electrons. The molecule has 0 saturated heterocycles. The van der Waals surface area contributed by atoms with Gasteiger partial charge >= 0.3 is 5.97 Å². The fourth-order valence-electron chi connectivity index (χ4n) is 1.90. The highest BCUT2D eigenvalue weighted by atomic mass is 32.2. The highest BCUT2D eigenvalue weighted by Crippen LogP contribution is 2.29. The minimum atomic E-state index is -0.982. The lowest BCUT2D eigenvalue weighted by molar-refractivity contribution is 0.0687. The predicted octanol–water partition coefficient (Wildman–Crippen LogP) is 3.69. The van der Waals surface area contributed by atoms with Gasteiger partial charge in [0.2, 0.25) is 0 Å². The van der Waals surface area contributed by atoms with Gasteiger partial charge in [-0.1, -0.05) is 18.2 Å². The molecule has 0 bridgehead atoms. The molecule has 5 heteroatoms. The number of ether oxygens (including phenoxy) is 2. The number of carboxylic acids is 1. The molecular formula is C16H16O4S. The molecule has 2 rings (SSSR count). The maximum atomic E-state index is 11.4. The van der Waals surface area contributed by atoms with Crippen molar-refractivity contribution in [2.45, 2.75) is 11.5 Å². The molecule has 0 aliphatic rings. The third-order valence-corrected chi connectivity index (χ3v) is 3.76. The fourth-order valence-corrected chi connectivity index (χ4v) is 2.50. The Kier molecular flexibility index (Phi) is 5.11. The predicted molar refractivity (Wildman–Crippen MR) is 82.5 cm³/mol. The van der Waals surface area contributed by atoms with E-state index >= 15 is 0 Å². The quantitative estimate of drug-likeness (QED) is 0.825. The van der Waals surface area contributed by atoms with Crippen molar-refractivity contribution in [2.75, 3.05) is 13.4 Å². The van der Waals surface area contributed by atoms with Crippen LogP contribution in [0, 0.1) is 0 Å². The number of rotatable bonds is 6. The van der Waals surface area contributed by atoms with E-state index in [-0.39, 0.29) is 5.56 Å². The third kappa shape index (κ3) is 3.70. The van der Waals surface area contributed by atoms with Crippen molar-refractivity contribution < 1.29 is 19.4 Å². The van der Waals surface area contributed by atoms with Crippen LogP contribution >= 0.6 is 11.8 Å². The minimum Gasteiger partial charge on any atom is -0.497 e. The monoisotopic (exact) mass is 304 g/mol. The van der Waals surface area contributed by atoms with Gasteiger partial charge in [-0.3, -0.25) is 0 Å². The Morgan fingerprint density at radius 1 is 1.19 bits per heavy atom. The van der Waals surface area contributed by atoms with Crippen molar-refractivity contribution in [3.63, 3.8) is 0 Å². The van der Waals surface area contributed by atoms with E-state index < -0.39 is 5.97 Å². The van der Waals surface area contributed by atoms with Crippen molar-refractivity contribution >= 4 is 17.7 Å². The van der Waals surface area contributed by atoms with Gasteiger partial charge in [-0.05, 0) is 36.1 Å². The first-order valence-corrected chi connectivity index (χ1v) is 7.54. The van der Waals surface area contributed by atoms with Gasteiger partial charge in [0.05, 0.1) is 7.11 Å². The summed E-state index contributed by atoms with van der Waals surface area (Å²) in [6.45, 7) is 0.308. The second-order valence-electron chi connectivity index (χ2n) is 4.28. The van der Waals surface area contributed by atoms with Crippen LogP contribution in [0.2, 0.25) is 0 Å². The first kappa shape index (κ1) is 15.3.